The van der Waals surface area contributed by atoms with Crippen LogP contribution in [0.3, 0.4) is 0 Å². The first kappa shape index (κ1) is 11.1. The summed E-state index contributed by atoms with van der Waals surface area (Å²) < 4.78 is 13.8. The summed E-state index contributed by atoms with van der Waals surface area (Å²) in [5, 5.41) is 0.402. The lowest BCUT2D eigenvalue weighted by Crippen LogP contribution is -1.96. The van der Waals surface area contributed by atoms with Gasteiger partial charge in [0, 0.05) is 9.50 Å². The monoisotopic (exact) mass is 290 g/mol. The van der Waals surface area contributed by atoms with Crippen LogP contribution in [0.1, 0.15) is 35.2 Å². The Labute approximate surface area is 101 Å². The molecule has 1 aromatic rings. The number of rotatable bonds is 2. The third-order valence-corrected chi connectivity index (χ3v) is 4.01. The van der Waals surface area contributed by atoms with E-state index < -0.39 is 5.82 Å². The lowest BCUT2D eigenvalue weighted by atomic mass is 10.1. The summed E-state index contributed by atoms with van der Waals surface area (Å²) in [6.07, 6.45) is 1.56. The highest BCUT2D eigenvalue weighted by atomic mass is 79.9. The first-order chi connectivity index (χ1) is 7.06. The maximum atomic E-state index is 13.3. The largest absolute Gasteiger partial charge is 0.298 e. The fourth-order valence-electron chi connectivity index (χ4n) is 1.79. The number of carbonyl (C=O) groups excluding carboxylic acids is 1. The Hall–Kier alpha value is -0.410. The van der Waals surface area contributed by atoms with Crippen molar-refractivity contribution >= 4 is 33.8 Å². The van der Waals surface area contributed by atoms with Crippen LogP contribution in [0.2, 0.25) is 5.02 Å². The molecule has 0 amide bonds. The molecule has 0 N–H and O–H groups in total. The van der Waals surface area contributed by atoms with E-state index in [1.54, 1.807) is 0 Å². The molecule has 2 rings (SSSR count). The molecule has 0 aromatic heterocycles. The second-order valence-corrected chi connectivity index (χ2v) is 5.12. The molecule has 0 bridgehead atoms. The van der Waals surface area contributed by atoms with Crippen LogP contribution in [0, 0.1) is 11.7 Å². The molecule has 1 nitrogen and oxygen atoms in total. The molecule has 2 atom stereocenters. The van der Waals surface area contributed by atoms with E-state index in [4.69, 9.17) is 11.6 Å². The summed E-state index contributed by atoms with van der Waals surface area (Å²) in [5.74, 6) is 0.342. The highest BCUT2D eigenvalue weighted by molar-refractivity contribution is 9.10. The lowest BCUT2D eigenvalue weighted by Gasteiger charge is -2.09. The fourth-order valence-corrected chi connectivity index (χ4v) is 3.03. The van der Waals surface area contributed by atoms with Crippen molar-refractivity contribution in [1.29, 1.82) is 0 Å². The van der Waals surface area contributed by atoms with Crippen molar-refractivity contribution in [2.75, 3.05) is 0 Å². The fraction of sp³-hybridized carbons (Fsp3) is 0.364. The summed E-state index contributed by atoms with van der Waals surface area (Å²) in [4.78, 5) is 10.7. The Bertz CT molecular complexity index is 433. The Morgan fingerprint density at radius 1 is 1.67 bits per heavy atom. The zero-order chi connectivity index (χ0) is 11.2. The average Bonchev–Trinajstić information content (AvgIpc) is 2.82. The van der Waals surface area contributed by atoms with E-state index in [2.05, 4.69) is 22.9 Å². The molecule has 80 valence electrons. The van der Waals surface area contributed by atoms with E-state index in [1.807, 2.05) is 0 Å². The van der Waals surface area contributed by atoms with Crippen LogP contribution in [0.5, 0.6) is 0 Å². The number of hydrogen-bond acceptors (Lipinski definition) is 1. The average molecular weight is 292 g/mol. The molecule has 0 heterocycles. The smallest absolute Gasteiger partial charge is 0.154 e. The maximum Gasteiger partial charge on any atom is 0.154 e. The number of carbonyl (C=O) groups is 1. The highest BCUT2D eigenvalue weighted by Crippen LogP contribution is 2.52. The molecule has 0 unspecified atom stereocenters. The van der Waals surface area contributed by atoms with Crippen LogP contribution in [-0.2, 0) is 0 Å². The molecular formula is C11H9BrClFO. The van der Waals surface area contributed by atoms with Gasteiger partial charge in [-0.1, -0.05) is 18.5 Å². The van der Waals surface area contributed by atoms with Crippen LogP contribution < -0.4 is 0 Å². The molecule has 1 fully saturated rings. The van der Waals surface area contributed by atoms with Gasteiger partial charge in [-0.2, -0.15) is 0 Å². The number of benzene rings is 1. The minimum absolute atomic E-state index is 0.0634. The predicted molar refractivity (Wildman–Crippen MR) is 61.0 cm³/mol. The number of halogens is 3. The summed E-state index contributed by atoms with van der Waals surface area (Å²) >= 11 is 9.23. The zero-order valence-electron chi connectivity index (χ0n) is 8.06. The van der Waals surface area contributed by atoms with Crippen molar-refractivity contribution in [3.05, 3.63) is 32.5 Å². The van der Waals surface area contributed by atoms with E-state index in [1.165, 1.54) is 6.07 Å². The summed E-state index contributed by atoms with van der Waals surface area (Å²) in [7, 11) is 0. The third kappa shape index (κ3) is 1.83. The van der Waals surface area contributed by atoms with E-state index in [0.29, 0.717) is 27.6 Å². The van der Waals surface area contributed by atoms with Gasteiger partial charge in [0.2, 0.25) is 0 Å². The van der Waals surface area contributed by atoms with Gasteiger partial charge in [-0.25, -0.2) is 4.39 Å². The molecule has 0 saturated heterocycles. The van der Waals surface area contributed by atoms with Crippen LogP contribution in [0.25, 0.3) is 0 Å². The quantitative estimate of drug-likeness (QED) is 0.747. The minimum Gasteiger partial charge on any atom is -0.298 e. The van der Waals surface area contributed by atoms with Gasteiger partial charge in [-0.3, -0.25) is 4.79 Å². The van der Waals surface area contributed by atoms with Gasteiger partial charge in [-0.15, -0.1) is 0 Å². The molecule has 1 saturated carbocycles. The summed E-state index contributed by atoms with van der Waals surface area (Å²) in [6, 6.07) is 1.22. The molecule has 1 aliphatic rings. The van der Waals surface area contributed by atoms with E-state index in [-0.39, 0.29) is 5.56 Å². The van der Waals surface area contributed by atoms with Gasteiger partial charge in [0.1, 0.15) is 5.82 Å². The van der Waals surface area contributed by atoms with Crippen molar-refractivity contribution in [3.8, 4) is 0 Å². The van der Waals surface area contributed by atoms with Crippen molar-refractivity contribution in [2.45, 2.75) is 19.3 Å². The molecule has 0 spiro atoms. The van der Waals surface area contributed by atoms with Gasteiger partial charge in [0.25, 0.3) is 0 Å². The summed E-state index contributed by atoms with van der Waals surface area (Å²) in [5.41, 5.74) is 0.932. The zero-order valence-corrected chi connectivity index (χ0v) is 10.4. The molecule has 15 heavy (non-hydrogen) atoms. The first-order valence-corrected chi connectivity index (χ1v) is 5.86. The topological polar surface area (TPSA) is 17.1 Å². The molecule has 4 heteroatoms. The molecule has 1 aromatic carbocycles. The number of hydrogen-bond donors (Lipinski definition) is 0. The standard InChI is InChI=1S/C11H9BrClFO/c1-5-2-6(5)10-8(13)3-9(14)7(4-15)11(10)12/h3-6H,2H2,1H3/t5-,6-/m1/s1. The van der Waals surface area contributed by atoms with Crippen molar-refractivity contribution in [1.82, 2.24) is 0 Å². The van der Waals surface area contributed by atoms with Gasteiger partial charge >= 0.3 is 0 Å². The van der Waals surface area contributed by atoms with E-state index in [9.17, 15) is 9.18 Å². The molecule has 1 aliphatic carbocycles. The minimum atomic E-state index is -0.570. The van der Waals surface area contributed by atoms with Crippen LogP contribution >= 0.6 is 27.5 Å². The van der Waals surface area contributed by atoms with Crippen molar-refractivity contribution in [2.24, 2.45) is 5.92 Å². The lowest BCUT2D eigenvalue weighted by molar-refractivity contribution is 0.111. The van der Waals surface area contributed by atoms with Gasteiger partial charge in [0.05, 0.1) is 5.56 Å². The second kappa shape index (κ2) is 3.87. The van der Waals surface area contributed by atoms with Gasteiger partial charge < -0.3 is 0 Å². The van der Waals surface area contributed by atoms with Crippen molar-refractivity contribution < 1.29 is 9.18 Å². The predicted octanol–water partition coefficient (Wildman–Crippen LogP) is 4.18. The third-order valence-electron chi connectivity index (χ3n) is 2.84. The summed E-state index contributed by atoms with van der Waals surface area (Å²) in [6.45, 7) is 2.11. The van der Waals surface area contributed by atoms with Crippen molar-refractivity contribution in [3.63, 3.8) is 0 Å². The van der Waals surface area contributed by atoms with Crippen LogP contribution in [0.4, 0.5) is 4.39 Å². The van der Waals surface area contributed by atoms with Gasteiger partial charge in [-0.05, 0) is 45.8 Å². The van der Waals surface area contributed by atoms with Crippen LogP contribution in [-0.4, -0.2) is 6.29 Å². The Balaban J connectivity index is 2.58. The Morgan fingerprint density at radius 2 is 2.27 bits per heavy atom. The van der Waals surface area contributed by atoms with E-state index >= 15 is 0 Å². The molecular weight excluding hydrogens is 282 g/mol. The first-order valence-electron chi connectivity index (χ1n) is 4.68. The maximum absolute atomic E-state index is 13.3. The van der Waals surface area contributed by atoms with Crippen LogP contribution in [0.15, 0.2) is 10.5 Å². The molecule has 0 aliphatic heterocycles. The van der Waals surface area contributed by atoms with Gasteiger partial charge in [0.15, 0.2) is 6.29 Å². The Morgan fingerprint density at radius 3 is 2.73 bits per heavy atom. The SMILES string of the molecule is C[C@@H]1C[C@H]1c1c(Cl)cc(F)c(C=O)c1Br. The Kier molecular flexibility index (Phi) is 2.86. The number of aldehydes is 1. The molecule has 0 radical (unpaired) electrons. The second-order valence-electron chi connectivity index (χ2n) is 3.92. The normalized spacial score (nSPS) is 24.0. The highest BCUT2D eigenvalue weighted by Gasteiger charge is 2.37. The van der Waals surface area contributed by atoms with E-state index in [0.717, 1.165) is 12.0 Å².